The summed E-state index contributed by atoms with van der Waals surface area (Å²) in [5, 5.41) is 4.91. The molecule has 0 spiro atoms. The highest BCUT2D eigenvalue weighted by molar-refractivity contribution is 7.11. The molecule has 3 nitrogen and oxygen atoms in total. The average Bonchev–Trinajstić information content (AvgIpc) is 2.50. The number of ketones is 1. The van der Waals surface area contributed by atoms with Crippen LogP contribution in [0.2, 0.25) is 0 Å². The van der Waals surface area contributed by atoms with E-state index in [9.17, 15) is 9.18 Å². The highest BCUT2D eigenvalue weighted by Crippen LogP contribution is 2.19. The van der Waals surface area contributed by atoms with E-state index >= 15 is 0 Å². The minimum absolute atomic E-state index is 0.239. The molecule has 0 aromatic carbocycles. The summed E-state index contributed by atoms with van der Waals surface area (Å²) in [6, 6.07) is 0. The van der Waals surface area contributed by atoms with Crippen LogP contribution in [-0.2, 0) is 6.54 Å². The van der Waals surface area contributed by atoms with E-state index < -0.39 is 11.5 Å². The lowest BCUT2D eigenvalue weighted by molar-refractivity contribution is 0.0759. The van der Waals surface area contributed by atoms with Crippen LogP contribution in [0.25, 0.3) is 0 Å². The van der Waals surface area contributed by atoms with E-state index in [2.05, 4.69) is 10.3 Å². The smallest absolute Gasteiger partial charge is 0.227 e. The largest absolute Gasteiger partial charge is 0.314 e. The summed E-state index contributed by atoms with van der Waals surface area (Å²) >= 11 is 1.18. The maximum absolute atomic E-state index is 13.3. The quantitative estimate of drug-likeness (QED) is 0.780. The highest BCUT2D eigenvalue weighted by atomic mass is 32.1. The van der Waals surface area contributed by atoms with E-state index in [1.807, 2.05) is 0 Å². The lowest BCUT2D eigenvalue weighted by Crippen LogP contribution is -2.25. The van der Waals surface area contributed by atoms with Crippen LogP contribution in [0.15, 0.2) is 5.38 Å². The standard InChI is InChI=1S/C9H13FN2OS/c1-9(2,10)7(13)8-12-6(4-11-3)5-14-8/h5,11H,4H2,1-3H3. The molecule has 0 fully saturated rings. The molecule has 1 aromatic heterocycles. The maximum atomic E-state index is 13.3. The van der Waals surface area contributed by atoms with Gasteiger partial charge in [0.05, 0.1) is 5.69 Å². The van der Waals surface area contributed by atoms with Gasteiger partial charge in [-0.05, 0) is 20.9 Å². The fourth-order valence-electron chi connectivity index (χ4n) is 0.928. The number of Topliss-reactive ketones (excluding diaryl/α,β-unsaturated/α-hetero) is 1. The molecule has 0 radical (unpaired) electrons. The van der Waals surface area contributed by atoms with E-state index in [-0.39, 0.29) is 5.01 Å². The molecular weight excluding hydrogens is 203 g/mol. The van der Waals surface area contributed by atoms with Crippen molar-refractivity contribution in [2.45, 2.75) is 26.1 Å². The second kappa shape index (κ2) is 4.14. The predicted molar refractivity (Wildman–Crippen MR) is 54.4 cm³/mol. The molecule has 0 saturated carbocycles. The summed E-state index contributed by atoms with van der Waals surface area (Å²) in [6.45, 7) is 3.08. The summed E-state index contributed by atoms with van der Waals surface area (Å²) in [4.78, 5) is 15.5. The fourth-order valence-corrected chi connectivity index (χ4v) is 1.83. The Morgan fingerprint density at radius 2 is 2.36 bits per heavy atom. The Kier molecular flexibility index (Phi) is 3.34. The Hall–Kier alpha value is -0.810. The topological polar surface area (TPSA) is 42.0 Å². The molecule has 0 bridgehead atoms. The van der Waals surface area contributed by atoms with Crippen molar-refractivity contribution in [1.82, 2.24) is 10.3 Å². The molecule has 78 valence electrons. The van der Waals surface area contributed by atoms with Crippen molar-refractivity contribution in [3.05, 3.63) is 16.1 Å². The molecule has 0 saturated heterocycles. The number of thiazole rings is 1. The summed E-state index contributed by atoms with van der Waals surface area (Å²) < 4.78 is 13.3. The number of halogens is 1. The Morgan fingerprint density at radius 3 is 2.86 bits per heavy atom. The zero-order valence-electron chi connectivity index (χ0n) is 8.43. The first kappa shape index (κ1) is 11.3. The van der Waals surface area contributed by atoms with Crippen molar-refractivity contribution < 1.29 is 9.18 Å². The van der Waals surface area contributed by atoms with Gasteiger partial charge in [-0.1, -0.05) is 0 Å². The van der Waals surface area contributed by atoms with Gasteiger partial charge in [-0.25, -0.2) is 9.37 Å². The van der Waals surface area contributed by atoms with E-state index in [0.29, 0.717) is 6.54 Å². The van der Waals surface area contributed by atoms with Gasteiger partial charge in [0.15, 0.2) is 10.7 Å². The number of aromatic nitrogens is 1. The number of rotatable bonds is 4. The van der Waals surface area contributed by atoms with E-state index in [1.54, 1.807) is 12.4 Å². The minimum atomic E-state index is -1.84. The van der Waals surface area contributed by atoms with E-state index in [4.69, 9.17) is 0 Å². The molecule has 1 N–H and O–H groups in total. The van der Waals surface area contributed by atoms with Gasteiger partial charge in [0.2, 0.25) is 5.78 Å². The zero-order valence-corrected chi connectivity index (χ0v) is 9.24. The normalized spacial score (nSPS) is 11.7. The zero-order chi connectivity index (χ0) is 10.8. The van der Waals surface area contributed by atoms with Gasteiger partial charge in [0, 0.05) is 11.9 Å². The lowest BCUT2D eigenvalue weighted by Gasteiger charge is -2.09. The molecule has 0 atom stereocenters. The molecule has 0 aliphatic carbocycles. The maximum Gasteiger partial charge on any atom is 0.227 e. The number of carbonyl (C=O) groups is 1. The van der Waals surface area contributed by atoms with Crippen molar-refractivity contribution in [2.24, 2.45) is 0 Å². The second-order valence-corrected chi connectivity index (χ2v) is 4.33. The molecular formula is C9H13FN2OS. The molecule has 1 rings (SSSR count). The van der Waals surface area contributed by atoms with Crippen molar-refractivity contribution in [1.29, 1.82) is 0 Å². The van der Waals surface area contributed by atoms with Crippen molar-refractivity contribution in [3.8, 4) is 0 Å². The van der Waals surface area contributed by atoms with Crippen LogP contribution in [0.3, 0.4) is 0 Å². The summed E-state index contributed by atoms with van der Waals surface area (Å²) in [6.07, 6.45) is 0. The van der Waals surface area contributed by atoms with Gasteiger partial charge < -0.3 is 5.32 Å². The van der Waals surface area contributed by atoms with Crippen LogP contribution in [-0.4, -0.2) is 23.5 Å². The van der Waals surface area contributed by atoms with Crippen LogP contribution in [0, 0.1) is 0 Å². The van der Waals surface area contributed by atoms with Crippen LogP contribution in [0.1, 0.15) is 29.3 Å². The van der Waals surface area contributed by atoms with Crippen molar-refractivity contribution in [3.63, 3.8) is 0 Å². The number of hydrogen-bond acceptors (Lipinski definition) is 4. The first-order valence-electron chi connectivity index (χ1n) is 4.28. The van der Waals surface area contributed by atoms with Gasteiger partial charge in [0.25, 0.3) is 0 Å². The summed E-state index contributed by atoms with van der Waals surface area (Å²) in [7, 11) is 1.79. The Morgan fingerprint density at radius 1 is 1.71 bits per heavy atom. The monoisotopic (exact) mass is 216 g/mol. The first-order chi connectivity index (χ1) is 6.45. The lowest BCUT2D eigenvalue weighted by atomic mass is 10.1. The van der Waals surface area contributed by atoms with Crippen LogP contribution < -0.4 is 5.32 Å². The molecule has 0 unspecified atom stereocenters. The molecule has 1 heterocycles. The Balaban J connectivity index is 2.82. The van der Waals surface area contributed by atoms with Crippen LogP contribution in [0.5, 0.6) is 0 Å². The molecule has 0 aliphatic rings. The Bertz CT molecular complexity index is 330. The SMILES string of the molecule is CNCc1csc(C(=O)C(C)(C)F)n1. The van der Waals surface area contributed by atoms with Crippen molar-refractivity contribution in [2.75, 3.05) is 7.05 Å². The van der Waals surface area contributed by atoms with Crippen molar-refractivity contribution >= 4 is 17.1 Å². The van der Waals surface area contributed by atoms with Gasteiger partial charge in [-0.15, -0.1) is 11.3 Å². The summed E-state index contributed by atoms with van der Waals surface area (Å²) in [5.74, 6) is -0.551. The number of alkyl halides is 1. The number of nitrogens with zero attached hydrogens (tertiary/aromatic N) is 1. The number of hydrogen-bond donors (Lipinski definition) is 1. The van der Waals surface area contributed by atoms with Gasteiger partial charge in [-0.2, -0.15) is 0 Å². The number of nitrogens with one attached hydrogen (secondary N) is 1. The third-order valence-electron chi connectivity index (χ3n) is 1.64. The highest BCUT2D eigenvalue weighted by Gasteiger charge is 2.30. The number of carbonyl (C=O) groups excluding carboxylic acids is 1. The summed E-state index contributed by atoms with van der Waals surface area (Å²) in [5.41, 5.74) is -1.07. The van der Waals surface area contributed by atoms with Gasteiger partial charge >= 0.3 is 0 Å². The Labute approximate surface area is 86.4 Å². The third kappa shape index (κ3) is 2.59. The fraction of sp³-hybridized carbons (Fsp3) is 0.556. The third-order valence-corrected chi connectivity index (χ3v) is 2.53. The molecule has 1 aromatic rings. The molecule has 5 heteroatoms. The first-order valence-corrected chi connectivity index (χ1v) is 5.16. The molecule has 14 heavy (non-hydrogen) atoms. The second-order valence-electron chi connectivity index (χ2n) is 3.48. The molecule has 0 amide bonds. The van der Waals surface area contributed by atoms with Crippen LogP contribution in [0.4, 0.5) is 4.39 Å². The predicted octanol–water partition coefficient (Wildman–Crippen LogP) is 1.79. The van der Waals surface area contributed by atoms with Gasteiger partial charge in [-0.3, -0.25) is 4.79 Å². The molecule has 0 aliphatic heterocycles. The van der Waals surface area contributed by atoms with E-state index in [1.165, 1.54) is 25.2 Å². The van der Waals surface area contributed by atoms with E-state index in [0.717, 1.165) is 5.69 Å². The average molecular weight is 216 g/mol. The van der Waals surface area contributed by atoms with Crippen LogP contribution >= 0.6 is 11.3 Å². The minimum Gasteiger partial charge on any atom is -0.314 e. The van der Waals surface area contributed by atoms with Gasteiger partial charge in [0.1, 0.15) is 0 Å².